The maximum absolute atomic E-state index is 2.25. The first-order valence-electron chi connectivity index (χ1n) is 36.3. The minimum Gasteiger partial charge on any atom is -0.0620 e. The van der Waals surface area contributed by atoms with Crippen LogP contribution in [0.25, 0.3) is 77.9 Å². The van der Waals surface area contributed by atoms with Gasteiger partial charge < -0.3 is 0 Å². The van der Waals surface area contributed by atoms with Crippen LogP contribution in [0.3, 0.4) is 0 Å². The molecule has 14 aromatic carbocycles. The van der Waals surface area contributed by atoms with Crippen molar-refractivity contribution in [2.75, 3.05) is 0 Å². The predicted octanol–water partition coefficient (Wildman–Crippen LogP) is 29.3. The average Bonchev–Trinajstić information content (AvgIpc) is 0.832. The van der Waals surface area contributed by atoms with E-state index in [9.17, 15) is 0 Å². The number of hydrogen-bond donors (Lipinski definition) is 0. The van der Waals surface area contributed by atoms with E-state index in [2.05, 4.69) is 441 Å². The molecule has 0 heterocycles. The molecular weight excluding hydrogens is 1240 g/mol. The van der Waals surface area contributed by atoms with E-state index in [0.717, 1.165) is 0 Å². The highest BCUT2D eigenvalue weighted by molar-refractivity contribution is 5.74. The van der Waals surface area contributed by atoms with E-state index in [4.69, 9.17) is 0 Å². The Balaban J connectivity index is 0.000000152. The van der Waals surface area contributed by atoms with Crippen LogP contribution in [0.2, 0.25) is 0 Å². The molecule has 0 saturated heterocycles. The van der Waals surface area contributed by atoms with Gasteiger partial charge in [0.1, 0.15) is 0 Å². The molecule has 14 aromatic rings. The fourth-order valence-corrected chi connectivity index (χ4v) is 13.1. The lowest BCUT2D eigenvalue weighted by Gasteiger charge is -2.11. The molecule has 0 aliphatic carbocycles. The normalized spacial score (nSPS) is 10.3. The number of aryl methyl sites for hydroxylation is 19. The molecule has 0 aromatic heterocycles. The van der Waals surface area contributed by atoms with Crippen LogP contribution in [-0.4, -0.2) is 0 Å². The van der Waals surface area contributed by atoms with Crippen LogP contribution in [0.15, 0.2) is 309 Å². The lowest BCUT2D eigenvalue weighted by molar-refractivity contribution is 1.32. The van der Waals surface area contributed by atoms with E-state index in [1.165, 1.54) is 184 Å². The van der Waals surface area contributed by atoms with Gasteiger partial charge in [0.05, 0.1) is 0 Å². The molecule has 0 heteroatoms. The van der Waals surface area contributed by atoms with E-state index in [0.29, 0.717) is 0 Å². The second-order valence-corrected chi connectivity index (χ2v) is 28.4. The van der Waals surface area contributed by atoms with Gasteiger partial charge in [-0.3, -0.25) is 0 Å². The van der Waals surface area contributed by atoms with Gasteiger partial charge in [-0.15, -0.1) is 0 Å². The van der Waals surface area contributed by atoms with Gasteiger partial charge in [-0.05, 0) is 243 Å². The molecule has 14 rings (SSSR count). The maximum atomic E-state index is 2.25. The van der Waals surface area contributed by atoms with Crippen LogP contribution in [0.1, 0.15) is 106 Å². The standard InChI is InChI=1S/C16H18.3C15H16.3C14H14/c1-11-5-7-15(8-6-11)16-13(3)9-12(2)10-14(16)4;1-11-4-7-14(8-5-11)15-9-6-12(2)10-13(15)3;1-11-4-6-14(7-5-11)15-9-12(2)8-13(3)10-15;1-11-6-4-9-14(10-11)15-12(2)7-5-8-13(15)3;1-11-5-3-7-13(9-11)14-8-4-6-12(2)10-14;1-11-6-5-8-13(10-11)14-9-4-3-7-12(14)2;1-11-6-8-13(9-7-11)14-5-3-4-12(2)10-14/h5-10H,1-4H3;3*4-10H,1-3H3;3*3-10H,1-2H3. The summed E-state index contributed by atoms with van der Waals surface area (Å²) in [5, 5.41) is 0. The third-order valence-electron chi connectivity index (χ3n) is 18.4. The Morgan fingerprint density at radius 3 is 0.806 bits per heavy atom. The zero-order chi connectivity index (χ0) is 74.1. The first-order chi connectivity index (χ1) is 49.3. The first-order valence-corrected chi connectivity index (χ1v) is 36.3. The smallest absolute Gasteiger partial charge is 0.0125 e. The van der Waals surface area contributed by atoms with E-state index < -0.39 is 0 Å². The van der Waals surface area contributed by atoms with Crippen molar-refractivity contribution in [3.05, 3.63) is 415 Å². The Morgan fingerprint density at radius 2 is 0.388 bits per heavy atom. The van der Waals surface area contributed by atoms with Gasteiger partial charge in [0.25, 0.3) is 0 Å². The minimum atomic E-state index is 1.29. The molecule has 0 unspecified atom stereocenters. The Kier molecular flexibility index (Phi) is 28.9. The Labute approximate surface area is 620 Å². The zero-order valence-corrected chi connectivity index (χ0v) is 64.9. The third-order valence-corrected chi connectivity index (χ3v) is 18.4. The molecule has 0 atom stereocenters. The first kappa shape index (κ1) is 77.8. The quantitative estimate of drug-likeness (QED) is 0.149. The van der Waals surface area contributed by atoms with Gasteiger partial charge in [0.15, 0.2) is 0 Å². The average molecular weight is 1350 g/mol. The van der Waals surface area contributed by atoms with Gasteiger partial charge in [-0.1, -0.05) is 382 Å². The van der Waals surface area contributed by atoms with E-state index in [1.807, 2.05) is 0 Å². The van der Waals surface area contributed by atoms with Crippen molar-refractivity contribution < 1.29 is 0 Å². The third kappa shape index (κ3) is 24.1. The summed E-state index contributed by atoms with van der Waals surface area (Å²) in [7, 11) is 0. The predicted molar refractivity (Wildman–Crippen MR) is 453 cm³/mol. The lowest BCUT2D eigenvalue weighted by Crippen LogP contribution is -1.90. The van der Waals surface area contributed by atoms with Gasteiger partial charge in [-0.25, -0.2) is 0 Å². The highest BCUT2D eigenvalue weighted by Gasteiger charge is 2.09. The summed E-state index contributed by atoms with van der Waals surface area (Å²) < 4.78 is 0. The van der Waals surface area contributed by atoms with E-state index in [1.54, 1.807) is 0 Å². The van der Waals surface area contributed by atoms with Crippen LogP contribution in [-0.2, 0) is 0 Å². The highest BCUT2D eigenvalue weighted by atomic mass is 14.1. The van der Waals surface area contributed by atoms with Gasteiger partial charge in [-0.2, -0.15) is 0 Å². The van der Waals surface area contributed by atoms with Crippen LogP contribution in [0, 0.1) is 132 Å². The highest BCUT2D eigenvalue weighted by Crippen LogP contribution is 2.32. The zero-order valence-electron chi connectivity index (χ0n) is 64.9. The molecule has 0 spiro atoms. The van der Waals surface area contributed by atoms with Crippen molar-refractivity contribution in [2.45, 2.75) is 132 Å². The summed E-state index contributed by atoms with van der Waals surface area (Å²) in [6, 6.07) is 111. The fraction of sp³-hybridized carbons (Fsp3) is 0.184. The van der Waals surface area contributed by atoms with Gasteiger partial charge >= 0.3 is 0 Å². The Morgan fingerprint density at radius 1 is 0.117 bits per heavy atom. The second kappa shape index (κ2) is 38.2. The van der Waals surface area contributed by atoms with Crippen molar-refractivity contribution in [1.29, 1.82) is 0 Å². The van der Waals surface area contributed by atoms with Crippen LogP contribution in [0.5, 0.6) is 0 Å². The summed E-state index contributed by atoms with van der Waals surface area (Å²) in [5.41, 5.74) is 43.7. The van der Waals surface area contributed by atoms with E-state index in [-0.39, 0.29) is 0 Å². The van der Waals surface area contributed by atoms with Crippen LogP contribution in [0.4, 0.5) is 0 Å². The molecular formula is C103H108. The Hall–Kier alpha value is -10.9. The lowest BCUT2D eigenvalue weighted by atomic mass is 9.93. The molecule has 103 heavy (non-hydrogen) atoms. The summed E-state index contributed by atoms with van der Waals surface area (Å²) >= 11 is 0. The maximum Gasteiger partial charge on any atom is -0.0125 e. The van der Waals surface area contributed by atoms with Crippen molar-refractivity contribution in [3.63, 3.8) is 0 Å². The summed E-state index contributed by atoms with van der Waals surface area (Å²) in [6.07, 6.45) is 0. The molecule has 520 valence electrons. The summed E-state index contributed by atoms with van der Waals surface area (Å²) in [6.45, 7) is 40.7. The van der Waals surface area contributed by atoms with Crippen molar-refractivity contribution in [2.24, 2.45) is 0 Å². The largest absolute Gasteiger partial charge is 0.0620 e. The SMILES string of the molecule is Cc1ccc(-c2c(C)cc(C)cc2C)cc1.Cc1ccc(-c2cc(C)cc(C)c2)cc1.Cc1ccc(-c2ccc(C)cc2C)cc1.Cc1ccc(-c2cccc(C)c2)cc1.Cc1cccc(-c2c(C)cccc2C)c1.Cc1cccc(-c2cccc(C)c2)c1.Cc1cccc(-c2ccccc2C)c1. The van der Waals surface area contributed by atoms with Gasteiger partial charge in [0, 0.05) is 0 Å². The van der Waals surface area contributed by atoms with E-state index >= 15 is 0 Å². The molecule has 0 N–H and O–H groups in total. The van der Waals surface area contributed by atoms with Crippen LogP contribution < -0.4 is 0 Å². The van der Waals surface area contributed by atoms with Crippen molar-refractivity contribution in [1.82, 2.24) is 0 Å². The minimum absolute atomic E-state index is 1.29. The Bertz CT molecular complexity index is 4910. The molecule has 0 bridgehead atoms. The monoisotopic (exact) mass is 1340 g/mol. The number of rotatable bonds is 7. The topological polar surface area (TPSA) is 0 Å². The molecule has 0 nitrogen and oxygen atoms in total. The summed E-state index contributed by atoms with van der Waals surface area (Å²) in [4.78, 5) is 0. The van der Waals surface area contributed by atoms with Crippen molar-refractivity contribution in [3.8, 4) is 77.9 Å². The molecule has 0 amide bonds. The van der Waals surface area contributed by atoms with Crippen molar-refractivity contribution >= 4 is 0 Å². The fourth-order valence-electron chi connectivity index (χ4n) is 13.1. The summed E-state index contributed by atoms with van der Waals surface area (Å²) in [5.74, 6) is 0. The number of benzene rings is 14. The molecule has 0 aliphatic heterocycles. The molecule has 0 fully saturated rings. The van der Waals surface area contributed by atoms with Gasteiger partial charge in [0.2, 0.25) is 0 Å². The molecule has 0 aliphatic rings. The number of hydrogen-bond acceptors (Lipinski definition) is 0. The van der Waals surface area contributed by atoms with Crippen LogP contribution >= 0.6 is 0 Å². The second-order valence-electron chi connectivity index (χ2n) is 28.4. The molecule has 0 radical (unpaired) electrons. The molecule has 0 saturated carbocycles.